The number of nitrogens with one attached hydrogen (secondary N) is 2. The number of benzene rings is 1. The van der Waals surface area contributed by atoms with E-state index in [1.54, 1.807) is 0 Å². The number of carbonyl (C=O) groups is 3. The fourth-order valence-corrected chi connectivity index (χ4v) is 3.58. The zero-order valence-corrected chi connectivity index (χ0v) is 19.1. The van der Waals surface area contributed by atoms with Crippen LogP contribution in [-0.2, 0) is 30.2 Å². The molecule has 2 aliphatic heterocycles. The van der Waals surface area contributed by atoms with E-state index in [1.807, 2.05) is 38.1 Å². The summed E-state index contributed by atoms with van der Waals surface area (Å²) in [5, 5.41) is 5.60. The Morgan fingerprint density at radius 1 is 1.22 bits per heavy atom. The number of methoxy groups -OCH3 is 1. The van der Waals surface area contributed by atoms with Gasteiger partial charge in [0, 0.05) is 5.82 Å². The third-order valence-corrected chi connectivity index (χ3v) is 5.26. The smallest absolute Gasteiger partial charge is 0.328 e. The minimum Gasteiger partial charge on any atom is -0.494 e. The summed E-state index contributed by atoms with van der Waals surface area (Å²) in [7, 11) is 1.41. The number of carbonyl (C=O) groups excluding carboxylic acids is 3. The van der Waals surface area contributed by atoms with Crippen molar-refractivity contribution < 1.29 is 28.5 Å². The first-order chi connectivity index (χ1) is 15.3. The van der Waals surface area contributed by atoms with Gasteiger partial charge in [-0.1, -0.05) is 26.0 Å². The van der Waals surface area contributed by atoms with Crippen molar-refractivity contribution in [1.29, 1.82) is 0 Å². The summed E-state index contributed by atoms with van der Waals surface area (Å²) < 4.78 is 15.9. The van der Waals surface area contributed by atoms with Crippen molar-refractivity contribution in [3.63, 3.8) is 0 Å². The van der Waals surface area contributed by atoms with Gasteiger partial charge in [0.25, 0.3) is 7.48 Å². The summed E-state index contributed by atoms with van der Waals surface area (Å²) in [5.41, 5.74) is 6.41. The van der Waals surface area contributed by atoms with E-state index in [2.05, 4.69) is 10.6 Å². The van der Waals surface area contributed by atoms with Gasteiger partial charge >= 0.3 is 5.97 Å². The molecule has 2 bridgehead atoms. The first-order valence-corrected chi connectivity index (χ1v) is 11.0. The van der Waals surface area contributed by atoms with Gasteiger partial charge in [0.15, 0.2) is 0 Å². The molecule has 0 saturated heterocycles. The summed E-state index contributed by atoms with van der Waals surface area (Å²) >= 11 is 0. The van der Waals surface area contributed by atoms with Crippen LogP contribution in [0.5, 0.6) is 5.75 Å². The van der Waals surface area contributed by atoms with Crippen molar-refractivity contribution in [2.45, 2.75) is 57.4 Å². The van der Waals surface area contributed by atoms with Gasteiger partial charge in [-0.25, -0.2) is 4.79 Å². The Hall–Kier alpha value is -2.59. The number of hydrogen-bond acceptors (Lipinski definition) is 7. The van der Waals surface area contributed by atoms with Crippen molar-refractivity contribution in [3.8, 4) is 5.75 Å². The summed E-state index contributed by atoms with van der Waals surface area (Å²) in [6, 6.07) is 5.89. The molecule has 0 aliphatic carbocycles. The molecular formula is C22H34BN3O6. The van der Waals surface area contributed by atoms with Gasteiger partial charge in [-0.2, -0.15) is 0 Å². The van der Waals surface area contributed by atoms with Crippen LogP contribution in [0.2, 0.25) is 5.82 Å². The highest BCUT2D eigenvalue weighted by Crippen LogP contribution is 2.19. The lowest BCUT2D eigenvalue weighted by Gasteiger charge is -2.25. The molecule has 0 spiro atoms. The lowest BCUT2D eigenvalue weighted by atomic mass is 9.75. The van der Waals surface area contributed by atoms with Crippen LogP contribution in [0, 0.1) is 5.92 Å². The fraction of sp³-hybridized carbons (Fsp3) is 0.591. The van der Waals surface area contributed by atoms with E-state index in [0.29, 0.717) is 38.0 Å². The Morgan fingerprint density at radius 3 is 2.56 bits per heavy atom. The molecule has 3 rings (SSSR count). The van der Waals surface area contributed by atoms with E-state index >= 15 is 0 Å². The van der Waals surface area contributed by atoms with Crippen molar-refractivity contribution in [3.05, 3.63) is 29.8 Å². The lowest BCUT2D eigenvalue weighted by molar-refractivity contribution is -0.145. The highest BCUT2D eigenvalue weighted by Gasteiger charge is 2.30. The maximum atomic E-state index is 13.1. The zero-order valence-electron chi connectivity index (χ0n) is 19.1. The predicted octanol–water partition coefficient (Wildman–Crippen LogP) is 0.663. The standard InChI is InChI=1S/C22H34BN3O6/c1-14(2)11-19-21(28)25-18(22(29)30-3)5-4-10-31-16-8-6-15(7-9-16)12-17(20(27)26-19)23-32-13-24/h6-9,14,17-19,23H,4-5,10-13,24H2,1-3H3,(H,25,28)(H,26,27)/t17-,18-,19-/m0/s1. The highest BCUT2D eigenvalue weighted by atomic mass is 16.5. The number of ether oxygens (including phenoxy) is 2. The fourth-order valence-electron chi connectivity index (χ4n) is 3.58. The third kappa shape index (κ3) is 8.16. The molecule has 2 amide bonds. The van der Waals surface area contributed by atoms with Gasteiger partial charge in [-0.05, 0) is 49.3 Å². The molecule has 32 heavy (non-hydrogen) atoms. The van der Waals surface area contributed by atoms with Gasteiger partial charge < -0.3 is 30.5 Å². The van der Waals surface area contributed by atoms with Crippen LogP contribution in [0.3, 0.4) is 0 Å². The number of rotatable bonds is 6. The van der Waals surface area contributed by atoms with E-state index in [9.17, 15) is 14.4 Å². The Bertz CT molecular complexity index is 759. The highest BCUT2D eigenvalue weighted by molar-refractivity contribution is 6.37. The largest absolute Gasteiger partial charge is 0.494 e. The maximum Gasteiger partial charge on any atom is 0.328 e. The minimum atomic E-state index is -0.825. The lowest BCUT2D eigenvalue weighted by Crippen LogP contribution is -2.53. The Balaban J connectivity index is 2.31. The molecule has 0 unspecified atom stereocenters. The number of hydrogen-bond donors (Lipinski definition) is 3. The summed E-state index contributed by atoms with van der Waals surface area (Å²) in [6.45, 7) is 4.31. The van der Waals surface area contributed by atoms with E-state index in [0.717, 1.165) is 5.56 Å². The quantitative estimate of drug-likeness (QED) is 0.332. The first kappa shape index (κ1) is 25.7. The first-order valence-electron chi connectivity index (χ1n) is 11.0. The molecule has 9 nitrogen and oxygen atoms in total. The maximum absolute atomic E-state index is 13.1. The Kier molecular flexibility index (Phi) is 10.5. The molecule has 0 aromatic heterocycles. The molecule has 1 aromatic carbocycles. The second kappa shape index (κ2) is 13.1. The summed E-state index contributed by atoms with van der Waals surface area (Å²) in [4.78, 5) is 38.3. The number of fused-ring (bicyclic) bond motifs is 13. The Morgan fingerprint density at radius 2 is 1.94 bits per heavy atom. The van der Waals surface area contributed by atoms with Crippen molar-refractivity contribution in [2.24, 2.45) is 11.7 Å². The molecule has 2 heterocycles. The number of amides is 2. The van der Waals surface area contributed by atoms with E-state index in [-0.39, 0.29) is 26.0 Å². The van der Waals surface area contributed by atoms with Crippen LogP contribution in [0.25, 0.3) is 0 Å². The monoisotopic (exact) mass is 447 g/mol. The number of esters is 1. The molecule has 176 valence electrons. The second-order valence-corrected chi connectivity index (χ2v) is 8.35. The van der Waals surface area contributed by atoms with Crippen LogP contribution >= 0.6 is 0 Å². The number of nitrogens with two attached hydrogens (primary N) is 1. The Labute approximate surface area is 190 Å². The minimum absolute atomic E-state index is 0.00667. The van der Waals surface area contributed by atoms with Crippen molar-refractivity contribution >= 4 is 25.3 Å². The molecule has 4 N–H and O–H groups in total. The van der Waals surface area contributed by atoms with Gasteiger partial charge in [0.1, 0.15) is 17.8 Å². The molecule has 1 aromatic rings. The van der Waals surface area contributed by atoms with Gasteiger partial charge in [-0.3, -0.25) is 9.59 Å². The molecule has 2 aliphatic rings. The average molecular weight is 447 g/mol. The van der Waals surface area contributed by atoms with Crippen LogP contribution in [-0.4, -0.2) is 57.8 Å². The third-order valence-electron chi connectivity index (χ3n) is 5.26. The summed E-state index contributed by atoms with van der Waals surface area (Å²) in [6.07, 6.45) is 1.74. The van der Waals surface area contributed by atoms with E-state index in [1.165, 1.54) is 7.11 Å². The van der Waals surface area contributed by atoms with Gasteiger partial charge in [-0.15, -0.1) is 0 Å². The van der Waals surface area contributed by atoms with Crippen LogP contribution in [0.1, 0.15) is 38.7 Å². The van der Waals surface area contributed by atoms with E-state index in [4.69, 9.17) is 19.9 Å². The van der Waals surface area contributed by atoms with Crippen LogP contribution in [0.15, 0.2) is 24.3 Å². The SMILES string of the molecule is COC(=O)[C@@H]1CCCOc2ccc(cc2)C[C@H](BOCN)C(=O)N[C@@H](CC(C)C)C(=O)N1. The van der Waals surface area contributed by atoms with Crippen molar-refractivity contribution in [2.75, 3.05) is 20.4 Å². The molecule has 10 heteroatoms. The van der Waals surface area contributed by atoms with Crippen LogP contribution < -0.4 is 21.1 Å². The van der Waals surface area contributed by atoms with Gasteiger partial charge in [0.2, 0.25) is 11.8 Å². The molecular weight excluding hydrogens is 413 g/mol. The van der Waals surface area contributed by atoms with Crippen molar-refractivity contribution in [1.82, 2.24) is 10.6 Å². The molecule has 3 atom stereocenters. The normalized spacial score (nSPS) is 22.6. The summed E-state index contributed by atoms with van der Waals surface area (Å²) in [5.74, 6) is -0.952. The molecule has 0 fully saturated rings. The topological polar surface area (TPSA) is 129 Å². The second-order valence-electron chi connectivity index (χ2n) is 8.35. The van der Waals surface area contributed by atoms with Crippen LogP contribution in [0.4, 0.5) is 0 Å². The average Bonchev–Trinajstić information content (AvgIpc) is 2.77. The van der Waals surface area contributed by atoms with E-state index < -0.39 is 29.8 Å². The predicted molar refractivity (Wildman–Crippen MR) is 121 cm³/mol. The molecule has 0 radical (unpaired) electrons. The zero-order chi connectivity index (χ0) is 23.5. The van der Waals surface area contributed by atoms with Gasteiger partial charge in [0.05, 0.1) is 20.4 Å². The molecule has 0 saturated carbocycles.